The van der Waals surface area contributed by atoms with E-state index in [-0.39, 0.29) is 0 Å². The van der Waals surface area contributed by atoms with E-state index in [0.29, 0.717) is 0 Å². The van der Waals surface area contributed by atoms with E-state index >= 15 is 0 Å². The molecule has 0 unspecified atom stereocenters. The number of aryl methyl sites for hydroxylation is 1. The lowest BCUT2D eigenvalue weighted by molar-refractivity contribution is 1.34. The largest absolute Gasteiger partial charge is 0.382 e. The molecule has 2 rings (SSSR count). The first kappa shape index (κ1) is 12.2. The van der Waals surface area contributed by atoms with Gasteiger partial charge >= 0.3 is 0 Å². The molecule has 18 heavy (non-hydrogen) atoms. The maximum Gasteiger partial charge on any atom is 0.0385 e. The van der Waals surface area contributed by atoms with Crippen molar-refractivity contribution in [2.45, 2.75) is 6.92 Å². The summed E-state index contributed by atoms with van der Waals surface area (Å²) in [6, 6.07) is 16.6. The van der Waals surface area contributed by atoms with Gasteiger partial charge in [0.15, 0.2) is 0 Å². The summed E-state index contributed by atoms with van der Waals surface area (Å²) in [6.45, 7) is 6.55. The highest BCUT2D eigenvalue weighted by molar-refractivity contribution is 5.62. The number of anilines is 3. The van der Waals surface area contributed by atoms with Crippen LogP contribution in [0.15, 0.2) is 61.2 Å². The molecule has 0 fully saturated rings. The molecule has 0 aromatic heterocycles. The average Bonchev–Trinajstić information content (AvgIpc) is 2.41. The van der Waals surface area contributed by atoms with Crippen LogP contribution >= 0.6 is 0 Å². The van der Waals surface area contributed by atoms with E-state index in [4.69, 9.17) is 0 Å². The van der Waals surface area contributed by atoms with Crippen LogP contribution in [-0.2, 0) is 0 Å². The van der Waals surface area contributed by atoms with Crippen molar-refractivity contribution in [3.63, 3.8) is 0 Å². The van der Waals surface area contributed by atoms with E-state index in [1.807, 2.05) is 6.08 Å². The zero-order valence-corrected chi connectivity index (χ0v) is 10.6. The second kappa shape index (κ2) is 5.92. The highest BCUT2D eigenvalue weighted by atomic mass is 14.9. The third-order valence-corrected chi connectivity index (χ3v) is 2.68. The van der Waals surface area contributed by atoms with Gasteiger partial charge < -0.3 is 10.6 Å². The van der Waals surface area contributed by atoms with Crippen LogP contribution in [-0.4, -0.2) is 6.54 Å². The Balaban J connectivity index is 2.01. The smallest absolute Gasteiger partial charge is 0.0385 e. The van der Waals surface area contributed by atoms with Crippen molar-refractivity contribution in [1.82, 2.24) is 0 Å². The molecule has 2 N–H and O–H groups in total. The molecule has 0 heterocycles. The van der Waals surface area contributed by atoms with Gasteiger partial charge in [-0.3, -0.25) is 0 Å². The molecule has 92 valence electrons. The second-order valence-corrected chi connectivity index (χ2v) is 4.24. The Kier molecular flexibility index (Phi) is 4.02. The minimum Gasteiger partial charge on any atom is -0.382 e. The maximum absolute atomic E-state index is 3.68. The predicted octanol–water partition coefficient (Wildman–Crippen LogP) is 4.34. The third-order valence-electron chi connectivity index (χ3n) is 2.68. The Bertz CT molecular complexity index is 498. The van der Waals surface area contributed by atoms with Gasteiger partial charge in [0, 0.05) is 23.6 Å². The van der Waals surface area contributed by atoms with E-state index in [2.05, 4.69) is 72.7 Å². The van der Waals surface area contributed by atoms with Crippen LogP contribution in [0.4, 0.5) is 17.1 Å². The molecule has 0 bridgehead atoms. The van der Waals surface area contributed by atoms with Crippen molar-refractivity contribution in [2.24, 2.45) is 0 Å². The standard InChI is InChI=1S/C16H18N2/c1-3-12-17-14-8-10-16(11-9-14)18-15-6-4-13(2)5-7-15/h3-11,17-18H,1,12H2,2H3. The van der Waals surface area contributed by atoms with Crippen molar-refractivity contribution in [3.8, 4) is 0 Å². The van der Waals surface area contributed by atoms with E-state index in [1.165, 1.54) is 5.56 Å². The summed E-state index contributed by atoms with van der Waals surface area (Å²) >= 11 is 0. The average molecular weight is 238 g/mol. The SMILES string of the molecule is C=CCNc1ccc(Nc2ccc(C)cc2)cc1. The molecule has 0 spiro atoms. The highest BCUT2D eigenvalue weighted by Crippen LogP contribution is 2.19. The van der Waals surface area contributed by atoms with Gasteiger partial charge in [-0.2, -0.15) is 0 Å². The van der Waals surface area contributed by atoms with Crippen molar-refractivity contribution in [3.05, 3.63) is 66.7 Å². The second-order valence-electron chi connectivity index (χ2n) is 4.24. The van der Waals surface area contributed by atoms with E-state index in [1.54, 1.807) is 0 Å². The minimum atomic E-state index is 0.782. The molecule has 0 atom stereocenters. The Labute approximate surface area is 108 Å². The van der Waals surface area contributed by atoms with Gasteiger partial charge in [0.05, 0.1) is 0 Å². The zero-order chi connectivity index (χ0) is 12.8. The number of rotatable bonds is 5. The Morgan fingerprint density at radius 3 is 1.94 bits per heavy atom. The topological polar surface area (TPSA) is 24.1 Å². The molecular formula is C16H18N2. The summed E-state index contributed by atoms with van der Waals surface area (Å²) in [5.41, 5.74) is 4.56. The Morgan fingerprint density at radius 1 is 0.889 bits per heavy atom. The fraction of sp³-hybridized carbons (Fsp3) is 0.125. The summed E-state index contributed by atoms with van der Waals surface area (Å²) in [7, 11) is 0. The van der Waals surface area contributed by atoms with Gasteiger partial charge in [-0.1, -0.05) is 23.8 Å². The molecule has 0 aliphatic heterocycles. The predicted molar refractivity (Wildman–Crippen MR) is 79.6 cm³/mol. The van der Waals surface area contributed by atoms with Gasteiger partial charge in [0.1, 0.15) is 0 Å². The monoisotopic (exact) mass is 238 g/mol. The molecule has 0 amide bonds. The van der Waals surface area contributed by atoms with E-state index in [9.17, 15) is 0 Å². The summed E-state index contributed by atoms with van der Waals surface area (Å²) in [6.07, 6.45) is 1.85. The molecule has 0 saturated carbocycles. The van der Waals surface area contributed by atoms with Gasteiger partial charge in [-0.15, -0.1) is 6.58 Å². The molecule has 2 nitrogen and oxygen atoms in total. The zero-order valence-electron chi connectivity index (χ0n) is 10.6. The fourth-order valence-electron chi connectivity index (χ4n) is 1.66. The summed E-state index contributed by atoms with van der Waals surface area (Å²) in [5, 5.41) is 6.61. The summed E-state index contributed by atoms with van der Waals surface area (Å²) in [4.78, 5) is 0. The van der Waals surface area contributed by atoms with Gasteiger partial charge in [0.2, 0.25) is 0 Å². The molecule has 2 heteroatoms. The van der Waals surface area contributed by atoms with Crippen LogP contribution in [0.1, 0.15) is 5.56 Å². The van der Waals surface area contributed by atoms with Crippen molar-refractivity contribution >= 4 is 17.1 Å². The van der Waals surface area contributed by atoms with Crippen LogP contribution in [0, 0.1) is 6.92 Å². The number of hydrogen-bond acceptors (Lipinski definition) is 2. The highest BCUT2D eigenvalue weighted by Gasteiger charge is 1.95. The number of hydrogen-bond donors (Lipinski definition) is 2. The Morgan fingerprint density at radius 2 is 1.39 bits per heavy atom. The van der Waals surface area contributed by atoms with Crippen molar-refractivity contribution in [1.29, 1.82) is 0 Å². The number of nitrogens with one attached hydrogen (secondary N) is 2. The lowest BCUT2D eigenvalue weighted by Gasteiger charge is -2.08. The molecule has 2 aromatic rings. The van der Waals surface area contributed by atoms with Gasteiger partial charge in [-0.05, 0) is 43.3 Å². The first-order valence-electron chi connectivity index (χ1n) is 6.06. The first-order chi connectivity index (χ1) is 8.78. The number of benzene rings is 2. The maximum atomic E-state index is 3.68. The van der Waals surface area contributed by atoms with Crippen LogP contribution in [0.3, 0.4) is 0 Å². The van der Waals surface area contributed by atoms with Crippen molar-refractivity contribution in [2.75, 3.05) is 17.2 Å². The molecule has 0 radical (unpaired) electrons. The van der Waals surface area contributed by atoms with Crippen LogP contribution in [0.2, 0.25) is 0 Å². The molecule has 0 aliphatic carbocycles. The van der Waals surface area contributed by atoms with Gasteiger partial charge in [0.25, 0.3) is 0 Å². The third kappa shape index (κ3) is 3.39. The molecule has 0 saturated heterocycles. The van der Waals surface area contributed by atoms with Crippen molar-refractivity contribution < 1.29 is 0 Å². The summed E-state index contributed by atoms with van der Waals surface area (Å²) < 4.78 is 0. The quantitative estimate of drug-likeness (QED) is 0.757. The molecule has 2 aromatic carbocycles. The van der Waals surface area contributed by atoms with Gasteiger partial charge in [-0.25, -0.2) is 0 Å². The normalized spacial score (nSPS) is 9.83. The summed E-state index contributed by atoms with van der Waals surface area (Å²) in [5.74, 6) is 0. The lowest BCUT2D eigenvalue weighted by Crippen LogP contribution is -1.97. The van der Waals surface area contributed by atoms with E-state index in [0.717, 1.165) is 23.6 Å². The molecular weight excluding hydrogens is 220 g/mol. The fourth-order valence-corrected chi connectivity index (χ4v) is 1.66. The molecule has 0 aliphatic rings. The van der Waals surface area contributed by atoms with Crippen LogP contribution < -0.4 is 10.6 Å². The minimum absolute atomic E-state index is 0.782. The lowest BCUT2D eigenvalue weighted by atomic mass is 10.2. The van der Waals surface area contributed by atoms with Crippen LogP contribution in [0.5, 0.6) is 0 Å². The van der Waals surface area contributed by atoms with E-state index < -0.39 is 0 Å². The van der Waals surface area contributed by atoms with Crippen LogP contribution in [0.25, 0.3) is 0 Å². The first-order valence-corrected chi connectivity index (χ1v) is 6.06. The Hall–Kier alpha value is -2.22.